The summed E-state index contributed by atoms with van der Waals surface area (Å²) in [5.74, 6) is 2.02. The number of nitrogens with zero attached hydrogens (tertiary/aromatic N) is 4. The molecule has 4 aromatic rings. The molecule has 4 aromatic heterocycles. The van der Waals surface area contributed by atoms with Gasteiger partial charge in [-0.05, 0) is 37.0 Å². The second kappa shape index (κ2) is 8.61. The van der Waals surface area contributed by atoms with Crippen LogP contribution in [0.3, 0.4) is 0 Å². The molecule has 6 nitrogen and oxygen atoms in total. The molecular weight excluding hydrogens is 446 g/mol. The van der Waals surface area contributed by atoms with Crippen molar-refractivity contribution in [1.29, 1.82) is 0 Å². The van der Waals surface area contributed by atoms with Crippen LogP contribution in [0.1, 0.15) is 18.7 Å². The summed E-state index contributed by atoms with van der Waals surface area (Å²) in [7, 11) is 1.97. The van der Waals surface area contributed by atoms with Gasteiger partial charge in [-0.15, -0.1) is 22.9 Å². The standard InChI is InChI=1S/C19H20ClN5OS3/c1-11-23-10-14(25(11)2)12-9-13(17-22-6-7-27-17)24-18-15(12)16(21)19(28-18)29(26)8-4-3-5-20/h6-7,9-10H,3-5,8,21H2,1-2H3. The molecule has 152 valence electrons. The van der Waals surface area contributed by atoms with E-state index in [1.807, 2.05) is 36.2 Å². The lowest BCUT2D eigenvalue weighted by molar-refractivity contribution is 0.594. The van der Waals surface area contributed by atoms with E-state index in [1.54, 1.807) is 6.20 Å². The first kappa shape index (κ1) is 20.6. The van der Waals surface area contributed by atoms with Gasteiger partial charge in [0.1, 0.15) is 32.8 Å². The van der Waals surface area contributed by atoms with E-state index in [2.05, 4.69) is 9.97 Å². The number of rotatable bonds is 7. The first-order valence-corrected chi connectivity index (χ1v) is 12.6. The maximum absolute atomic E-state index is 12.9. The minimum atomic E-state index is -1.18. The zero-order valence-electron chi connectivity index (χ0n) is 16.0. The number of fused-ring (bicyclic) bond motifs is 1. The topological polar surface area (TPSA) is 92.7 Å². The van der Waals surface area contributed by atoms with E-state index in [4.69, 9.17) is 22.3 Å². The number of aromatic nitrogens is 4. The second-order valence-corrected chi connectivity index (χ2v) is 10.6. The van der Waals surface area contributed by atoms with Crippen molar-refractivity contribution in [2.24, 2.45) is 7.05 Å². The van der Waals surface area contributed by atoms with Gasteiger partial charge in [-0.3, -0.25) is 0 Å². The Morgan fingerprint density at radius 1 is 1.31 bits per heavy atom. The molecule has 1 unspecified atom stereocenters. The zero-order valence-corrected chi connectivity index (χ0v) is 19.2. The molecule has 10 heteroatoms. The third-order valence-corrected chi connectivity index (χ3v) is 8.79. The SMILES string of the molecule is Cc1ncc(-c2cc(-c3nccs3)nc3sc([S+]([O-])CCCCCl)c(N)c23)n1C. The number of nitrogen functional groups attached to an aromatic ring is 1. The van der Waals surface area contributed by atoms with E-state index < -0.39 is 11.2 Å². The summed E-state index contributed by atoms with van der Waals surface area (Å²) in [6, 6.07) is 2.00. The summed E-state index contributed by atoms with van der Waals surface area (Å²) in [4.78, 5) is 14.4. The van der Waals surface area contributed by atoms with Gasteiger partial charge in [-0.2, -0.15) is 0 Å². The first-order chi connectivity index (χ1) is 14.0. The summed E-state index contributed by atoms with van der Waals surface area (Å²) in [6.07, 6.45) is 5.24. The monoisotopic (exact) mass is 465 g/mol. The fourth-order valence-corrected chi connectivity index (χ4v) is 6.60. The highest BCUT2D eigenvalue weighted by Crippen LogP contribution is 2.43. The molecule has 0 fully saturated rings. The van der Waals surface area contributed by atoms with Crippen molar-refractivity contribution in [3.05, 3.63) is 29.7 Å². The molecule has 0 aliphatic carbocycles. The van der Waals surface area contributed by atoms with Crippen LogP contribution in [0.2, 0.25) is 0 Å². The van der Waals surface area contributed by atoms with Crippen LogP contribution in [0, 0.1) is 6.92 Å². The summed E-state index contributed by atoms with van der Waals surface area (Å²) in [5.41, 5.74) is 9.71. The average Bonchev–Trinajstić information content (AvgIpc) is 3.43. The molecule has 4 heterocycles. The first-order valence-electron chi connectivity index (χ1n) is 9.07. The Balaban J connectivity index is 1.90. The van der Waals surface area contributed by atoms with Crippen molar-refractivity contribution in [3.8, 4) is 22.0 Å². The second-order valence-electron chi connectivity index (χ2n) is 6.57. The highest BCUT2D eigenvalue weighted by molar-refractivity contribution is 7.93. The van der Waals surface area contributed by atoms with Gasteiger partial charge >= 0.3 is 0 Å². The lowest BCUT2D eigenvalue weighted by atomic mass is 10.1. The number of hydrogen-bond donors (Lipinski definition) is 1. The van der Waals surface area contributed by atoms with Crippen LogP contribution in [0.4, 0.5) is 5.69 Å². The molecule has 0 bridgehead atoms. The minimum absolute atomic E-state index is 0.543. The van der Waals surface area contributed by atoms with Crippen molar-refractivity contribution in [1.82, 2.24) is 19.5 Å². The van der Waals surface area contributed by atoms with E-state index in [9.17, 15) is 4.55 Å². The summed E-state index contributed by atoms with van der Waals surface area (Å²) < 4.78 is 15.6. The van der Waals surface area contributed by atoms with Gasteiger partial charge < -0.3 is 14.9 Å². The molecule has 0 aromatic carbocycles. The van der Waals surface area contributed by atoms with Gasteiger partial charge in [0.05, 0.1) is 11.9 Å². The van der Waals surface area contributed by atoms with E-state index in [-0.39, 0.29) is 0 Å². The van der Waals surface area contributed by atoms with E-state index in [1.165, 1.54) is 22.7 Å². The number of aryl methyl sites for hydroxylation is 1. The summed E-state index contributed by atoms with van der Waals surface area (Å²) >= 11 is 7.51. The van der Waals surface area contributed by atoms with Crippen molar-refractivity contribution in [3.63, 3.8) is 0 Å². The summed E-state index contributed by atoms with van der Waals surface area (Å²) in [5, 5.41) is 3.60. The third-order valence-electron chi connectivity index (χ3n) is 4.73. The number of alkyl halides is 1. The lowest BCUT2D eigenvalue weighted by Crippen LogP contribution is -2.07. The van der Waals surface area contributed by atoms with Gasteiger partial charge in [0.2, 0.25) is 4.21 Å². The highest BCUT2D eigenvalue weighted by atomic mass is 35.5. The number of unbranched alkanes of at least 4 members (excludes halogenated alkanes) is 1. The Morgan fingerprint density at radius 3 is 2.79 bits per heavy atom. The molecule has 4 rings (SSSR count). The van der Waals surface area contributed by atoms with Crippen molar-refractivity contribution >= 4 is 61.4 Å². The van der Waals surface area contributed by atoms with E-state index in [0.29, 0.717) is 21.5 Å². The number of thiophene rings is 1. The molecule has 0 spiro atoms. The number of halogens is 1. The maximum atomic E-state index is 12.9. The van der Waals surface area contributed by atoms with Gasteiger partial charge in [-0.25, -0.2) is 15.0 Å². The fourth-order valence-electron chi connectivity index (χ4n) is 3.10. The van der Waals surface area contributed by atoms with Crippen molar-refractivity contribution in [2.45, 2.75) is 24.0 Å². The number of nitrogens with two attached hydrogens (primary N) is 1. The Hall–Kier alpha value is -1.65. The number of imidazole rings is 1. The van der Waals surface area contributed by atoms with Crippen LogP contribution < -0.4 is 5.73 Å². The predicted molar refractivity (Wildman–Crippen MR) is 123 cm³/mol. The number of anilines is 1. The predicted octanol–water partition coefficient (Wildman–Crippen LogP) is 4.84. The van der Waals surface area contributed by atoms with Crippen LogP contribution in [-0.4, -0.2) is 35.7 Å². The van der Waals surface area contributed by atoms with Crippen molar-refractivity contribution < 1.29 is 4.55 Å². The zero-order chi connectivity index (χ0) is 20.5. The van der Waals surface area contributed by atoms with Crippen LogP contribution in [0.25, 0.3) is 32.2 Å². The number of pyridine rings is 1. The molecular formula is C19H20ClN5OS3. The Kier molecular flexibility index (Phi) is 6.12. The Bertz CT molecular complexity index is 1140. The highest BCUT2D eigenvalue weighted by Gasteiger charge is 2.26. The van der Waals surface area contributed by atoms with Crippen LogP contribution >= 0.6 is 34.3 Å². The summed E-state index contributed by atoms with van der Waals surface area (Å²) in [6.45, 7) is 1.96. The van der Waals surface area contributed by atoms with Gasteiger partial charge in [0.15, 0.2) is 0 Å². The smallest absolute Gasteiger partial charge is 0.232 e. The van der Waals surface area contributed by atoms with Gasteiger partial charge in [-0.1, -0.05) is 11.3 Å². The Labute approximate surface area is 185 Å². The number of hydrogen-bond acceptors (Lipinski definition) is 7. The number of thiazole rings is 1. The lowest BCUT2D eigenvalue weighted by Gasteiger charge is -2.09. The molecule has 1 atom stereocenters. The average molecular weight is 466 g/mol. The normalized spacial score (nSPS) is 12.7. The largest absolute Gasteiger partial charge is 0.611 e. The minimum Gasteiger partial charge on any atom is -0.611 e. The molecule has 0 saturated heterocycles. The third kappa shape index (κ3) is 3.89. The van der Waals surface area contributed by atoms with Crippen molar-refractivity contribution in [2.75, 3.05) is 17.4 Å². The molecule has 29 heavy (non-hydrogen) atoms. The van der Waals surface area contributed by atoms with E-state index in [0.717, 1.165) is 50.8 Å². The van der Waals surface area contributed by atoms with Gasteiger partial charge in [0, 0.05) is 35.5 Å². The molecule has 0 saturated carbocycles. The van der Waals surface area contributed by atoms with Crippen LogP contribution in [0.15, 0.2) is 28.0 Å². The fraction of sp³-hybridized carbons (Fsp3) is 0.316. The van der Waals surface area contributed by atoms with E-state index >= 15 is 0 Å². The molecule has 0 aliphatic rings. The quantitative estimate of drug-likeness (QED) is 0.239. The van der Waals surface area contributed by atoms with Gasteiger partial charge in [0.25, 0.3) is 0 Å². The molecule has 2 N–H and O–H groups in total. The molecule has 0 amide bonds. The Morgan fingerprint density at radius 2 is 2.14 bits per heavy atom. The van der Waals surface area contributed by atoms with Crippen LogP contribution in [0.5, 0.6) is 0 Å². The molecule has 0 radical (unpaired) electrons. The maximum Gasteiger partial charge on any atom is 0.232 e. The molecule has 0 aliphatic heterocycles. The van der Waals surface area contributed by atoms with Crippen LogP contribution in [-0.2, 0) is 18.2 Å².